The summed E-state index contributed by atoms with van der Waals surface area (Å²) < 4.78 is 0. The highest BCUT2D eigenvalue weighted by Gasteiger charge is 2.64. The lowest BCUT2D eigenvalue weighted by atomic mass is 9.57. The normalized spacial score (nSPS) is 27.9. The zero-order valence-corrected chi connectivity index (χ0v) is 25.7. The Morgan fingerprint density at radius 1 is 1.07 bits per heavy atom. The molecule has 0 heterocycles. The molecule has 2 fully saturated rings. The molecule has 2 saturated carbocycles. The van der Waals surface area contributed by atoms with Gasteiger partial charge in [-0.2, -0.15) is 0 Å². The Bertz CT molecular complexity index is 1420. The van der Waals surface area contributed by atoms with Gasteiger partial charge in [0, 0.05) is 43.9 Å². The highest BCUT2D eigenvalue weighted by Crippen LogP contribution is 2.54. The second-order valence-corrected chi connectivity index (χ2v) is 13.0. The van der Waals surface area contributed by atoms with Gasteiger partial charge in [0.25, 0.3) is 5.91 Å². The van der Waals surface area contributed by atoms with E-state index in [0.29, 0.717) is 18.2 Å². The van der Waals surface area contributed by atoms with Crippen molar-refractivity contribution in [2.75, 3.05) is 39.6 Å². The number of aliphatic hydroxyl groups excluding tert-OH is 2. The van der Waals surface area contributed by atoms with Crippen LogP contribution in [-0.4, -0.2) is 100 Å². The first-order valence-corrected chi connectivity index (χ1v) is 15.2. The van der Waals surface area contributed by atoms with E-state index >= 15 is 0 Å². The number of phenolic OH excluding ortho intramolecular Hbond substituents is 1. The third-order valence-corrected chi connectivity index (χ3v) is 10.1. The fourth-order valence-corrected chi connectivity index (χ4v) is 8.21. The molecule has 5 rings (SSSR count). The molecule has 0 aliphatic heterocycles. The highest BCUT2D eigenvalue weighted by molar-refractivity contribution is 6.24. The van der Waals surface area contributed by atoms with Crippen LogP contribution < -0.4 is 10.6 Å². The van der Waals surface area contributed by atoms with Crippen LogP contribution in [0, 0.1) is 11.8 Å². The average molecular weight is 597 g/mol. The Morgan fingerprint density at radius 3 is 2.28 bits per heavy atom. The topological polar surface area (TPSA) is 168 Å². The molecule has 4 atom stereocenters. The average Bonchev–Trinajstić information content (AvgIpc) is 2.93. The number of hydrogen-bond acceptors (Lipinski definition) is 10. The maximum atomic E-state index is 14.1. The number of carbonyl (C=O) groups excluding carboxylic acids is 3. The summed E-state index contributed by atoms with van der Waals surface area (Å²) in [6, 6.07) is 0.989. The maximum Gasteiger partial charge on any atom is 0.255 e. The molecule has 0 bridgehead atoms. The second kappa shape index (κ2) is 11.3. The monoisotopic (exact) mass is 596 g/mol. The van der Waals surface area contributed by atoms with Gasteiger partial charge in [0.15, 0.2) is 11.4 Å². The molecule has 1 aromatic carbocycles. The quantitative estimate of drug-likeness (QED) is 0.294. The standard InChI is InChI=1S/C32H44N4O7/c1-6-36(18-10-8-7-9-11-18)15-17-14-21(37)23-19(25(17)34(2)3)12-16-13-20-26(35(4)5)28(39)24(31(33)42)30(41)32(20,43)29(40)22(16)27(23)38/h14,16,18,20,26,37-38,41,43H,6-13,15H2,1-5H3,(H2,33,42)/t16-,20-,26-,32-/m0/s1. The number of nitrogens with two attached hydrogens (primary N) is 1. The highest BCUT2D eigenvalue weighted by atomic mass is 16.3. The molecular weight excluding hydrogens is 552 g/mol. The Kier molecular flexibility index (Phi) is 8.12. The van der Waals surface area contributed by atoms with Crippen LogP contribution in [0.15, 0.2) is 23.0 Å². The number of ketones is 2. The van der Waals surface area contributed by atoms with Crippen molar-refractivity contribution in [1.82, 2.24) is 9.80 Å². The smallest absolute Gasteiger partial charge is 0.255 e. The van der Waals surface area contributed by atoms with E-state index in [4.69, 9.17) is 5.73 Å². The summed E-state index contributed by atoms with van der Waals surface area (Å²) in [6.07, 6.45) is 6.24. The van der Waals surface area contributed by atoms with Gasteiger partial charge in [-0.25, -0.2) is 0 Å². The number of aliphatic hydroxyl groups is 3. The number of hydrogen-bond donors (Lipinski definition) is 5. The molecular formula is C32H44N4O7. The predicted molar refractivity (Wildman–Crippen MR) is 162 cm³/mol. The molecule has 43 heavy (non-hydrogen) atoms. The molecule has 11 nitrogen and oxygen atoms in total. The molecule has 11 heteroatoms. The first-order chi connectivity index (χ1) is 20.2. The van der Waals surface area contributed by atoms with Gasteiger partial charge in [-0.3, -0.25) is 24.2 Å². The molecule has 0 radical (unpaired) electrons. The van der Waals surface area contributed by atoms with Crippen molar-refractivity contribution in [3.8, 4) is 5.75 Å². The number of benzene rings is 1. The van der Waals surface area contributed by atoms with Gasteiger partial charge in [0.2, 0.25) is 5.78 Å². The number of fused-ring (bicyclic) bond motifs is 3. The number of Topliss-reactive ketones (excluding diaryl/α,β-unsaturated/α-hetero) is 2. The van der Waals surface area contributed by atoms with Gasteiger partial charge in [-0.15, -0.1) is 0 Å². The summed E-state index contributed by atoms with van der Waals surface area (Å²) >= 11 is 0. The lowest BCUT2D eigenvalue weighted by molar-refractivity contribution is -0.153. The van der Waals surface area contributed by atoms with Gasteiger partial charge >= 0.3 is 0 Å². The molecule has 0 unspecified atom stereocenters. The summed E-state index contributed by atoms with van der Waals surface area (Å²) in [5.41, 5.74) is 4.37. The largest absolute Gasteiger partial charge is 0.508 e. The van der Waals surface area contributed by atoms with E-state index in [1.807, 2.05) is 19.0 Å². The summed E-state index contributed by atoms with van der Waals surface area (Å²) in [4.78, 5) is 45.5. The number of carbonyl (C=O) groups is 3. The molecule has 0 aromatic heterocycles. The fraction of sp³-hybridized carbons (Fsp3) is 0.594. The number of amides is 1. The Balaban J connectivity index is 1.65. The Labute approximate surface area is 252 Å². The van der Waals surface area contributed by atoms with E-state index in [9.17, 15) is 34.8 Å². The first kappa shape index (κ1) is 31.0. The fourth-order valence-electron chi connectivity index (χ4n) is 8.21. The van der Waals surface area contributed by atoms with Crippen molar-refractivity contribution in [3.63, 3.8) is 0 Å². The van der Waals surface area contributed by atoms with Gasteiger partial charge in [0.05, 0.1) is 11.6 Å². The van der Waals surface area contributed by atoms with E-state index in [1.165, 1.54) is 24.2 Å². The molecule has 1 aromatic rings. The summed E-state index contributed by atoms with van der Waals surface area (Å²) in [5, 5.41) is 45.8. The lowest BCUT2D eigenvalue weighted by Crippen LogP contribution is -2.65. The van der Waals surface area contributed by atoms with Crippen LogP contribution in [0.5, 0.6) is 5.75 Å². The van der Waals surface area contributed by atoms with Crippen LogP contribution >= 0.6 is 0 Å². The number of nitrogens with zero attached hydrogens (tertiary/aromatic N) is 3. The van der Waals surface area contributed by atoms with Crippen LogP contribution in [0.1, 0.15) is 62.1 Å². The number of phenols is 1. The molecule has 0 spiro atoms. The number of rotatable bonds is 7. The minimum atomic E-state index is -2.65. The number of aromatic hydroxyl groups is 1. The molecule has 0 saturated heterocycles. The van der Waals surface area contributed by atoms with E-state index in [0.717, 1.165) is 30.6 Å². The van der Waals surface area contributed by atoms with Crippen LogP contribution in [-0.2, 0) is 27.3 Å². The second-order valence-electron chi connectivity index (χ2n) is 13.0. The zero-order chi connectivity index (χ0) is 31.5. The number of anilines is 1. The number of primary amides is 1. The van der Waals surface area contributed by atoms with Crippen LogP contribution in [0.3, 0.4) is 0 Å². The van der Waals surface area contributed by atoms with Crippen molar-refractivity contribution in [2.24, 2.45) is 17.6 Å². The van der Waals surface area contributed by atoms with Gasteiger partial charge in [0.1, 0.15) is 22.8 Å². The first-order valence-electron chi connectivity index (χ1n) is 15.2. The van der Waals surface area contributed by atoms with Crippen molar-refractivity contribution < 1.29 is 34.8 Å². The molecule has 6 N–H and O–H groups in total. The SMILES string of the molecule is CCN(Cc1cc(O)c2c(c1N(C)C)C[C@H]1C[C@H]3[C@H](N(C)C)C(=O)C(C(N)=O)=C(O)[C@@]3(O)C(=O)C1=C2O)C1CCCCC1. The van der Waals surface area contributed by atoms with E-state index < -0.39 is 58.0 Å². The minimum absolute atomic E-state index is 0.0623. The Hall–Kier alpha value is -3.41. The lowest BCUT2D eigenvalue weighted by Gasteiger charge is -2.50. The Morgan fingerprint density at radius 2 is 1.72 bits per heavy atom. The van der Waals surface area contributed by atoms with Gasteiger partial charge in [-0.1, -0.05) is 26.2 Å². The van der Waals surface area contributed by atoms with E-state index in [-0.39, 0.29) is 29.7 Å². The summed E-state index contributed by atoms with van der Waals surface area (Å²) in [6.45, 7) is 3.61. The third kappa shape index (κ3) is 4.72. The van der Waals surface area contributed by atoms with E-state index in [2.05, 4.69) is 11.8 Å². The maximum absolute atomic E-state index is 14.1. The predicted octanol–water partition coefficient (Wildman–Crippen LogP) is 2.18. The molecule has 1 amide bonds. The van der Waals surface area contributed by atoms with Crippen molar-refractivity contribution >= 4 is 28.9 Å². The van der Waals surface area contributed by atoms with Gasteiger partial charge in [-0.05, 0) is 69.4 Å². The van der Waals surface area contributed by atoms with Crippen molar-refractivity contribution in [3.05, 3.63) is 39.7 Å². The van der Waals surface area contributed by atoms with Crippen molar-refractivity contribution in [2.45, 2.75) is 76.1 Å². The zero-order valence-electron chi connectivity index (χ0n) is 25.7. The molecule has 234 valence electrons. The summed E-state index contributed by atoms with van der Waals surface area (Å²) in [5.74, 6) is -6.46. The molecule has 4 aliphatic carbocycles. The summed E-state index contributed by atoms with van der Waals surface area (Å²) in [7, 11) is 7.00. The van der Waals surface area contributed by atoms with Crippen LogP contribution in [0.4, 0.5) is 5.69 Å². The van der Waals surface area contributed by atoms with Gasteiger partial charge < -0.3 is 31.1 Å². The van der Waals surface area contributed by atoms with E-state index in [1.54, 1.807) is 20.2 Å². The minimum Gasteiger partial charge on any atom is -0.508 e. The third-order valence-electron chi connectivity index (χ3n) is 10.1. The van der Waals surface area contributed by atoms with Crippen molar-refractivity contribution in [1.29, 1.82) is 0 Å². The molecule has 4 aliphatic rings. The van der Waals surface area contributed by atoms with Crippen LogP contribution in [0.25, 0.3) is 5.76 Å². The van der Waals surface area contributed by atoms with Crippen LogP contribution in [0.2, 0.25) is 0 Å². The number of likely N-dealkylation sites (N-methyl/N-ethyl adjacent to an activating group) is 1.